The number of nitrogens with zero attached hydrogens (tertiary/aromatic N) is 4. The lowest BCUT2D eigenvalue weighted by molar-refractivity contribution is -0.112. The minimum atomic E-state index is -0.754. The van der Waals surface area contributed by atoms with Crippen LogP contribution in [-0.2, 0) is 48.7 Å². The molecule has 2 aromatic heterocycles. The van der Waals surface area contributed by atoms with E-state index < -0.39 is 46.6 Å². The predicted molar refractivity (Wildman–Crippen MR) is 264 cm³/mol. The first-order valence-electron chi connectivity index (χ1n) is 23.7. The van der Waals surface area contributed by atoms with Crippen molar-refractivity contribution in [2.45, 2.75) is 96.9 Å². The number of pyridine rings is 2. The number of aromatic nitrogens is 2. The molecule has 0 unspecified atom stereocenters. The second kappa shape index (κ2) is 23.3. The molecule has 2 fully saturated rings. The molecule has 6 aromatic rings. The Hall–Kier alpha value is -6.93. The van der Waals surface area contributed by atoms with Gasteiger partial charge in [0.15, 0.2) is 41.1 Å². The van der Waals surface area contributed by atoms with Gasteiger partial charge in [0.1, 0.15) is 36.5 Å². The molecule has 73 heavy (non-hydrogen) atoms. The number of hydrogen-bond donors (Lipinski definition) is 1. The molecule has 4 aromatic carbocycles. The molecule has 4 atom stereocenters. The van der Waals surface area contributed by atoms with Gasteiger partial charge in [-0.05, 0) is 77.9 Å². The van der Waals surface area contributed by atoms with Crippen LogP contribution in [0.4, 0.5) is 17.6 Å². The maximum absolute atomic E-state index is 14.1. The summed E-state index contributed by atoms with van der Waals surface area (Å²) >= 11 is 3.29. The third kappa shape index (κ3) is 11.8. The third-order valence-electron chi connectivity index (χ3n) is 12.9. The van der Waals surface area contributed by atoms with Gasteiger partial charge in [0.2, 0.25) is 10.9 Å². The molecule has 10 rings (SSSR count). The van der Waals surface area contributed by atoms with Crippen LogP contribution >= 0.6 is 15.9 Å². The van der Waals surface area contributed by atoms with Crippen LogP contribution in [0.25, 0.3) is 0 Å². The molecule has 2 amide bonds. The average Bonchev–Trinajstić information content (AvgIpc) is 3.37. The number of hydrogen-bond acceptors (Lipinski definition) is 10. The summed E-state index contributed by atoms with van der Waals surface area (Å²) in [5, 5.41) is 0. The summed E-state index contributed by atoms with van der Waals surface area (Å²) in [5.41, 5.74) is 6.58. The number of amides is 2. The molecule has 2 N–H and O–H groups in total. The van der Waals surface area contributed by atoms with Crippen molar-refractivity contribution in [3.05, 3.63) is 197 Å². The van der Waals surface area contributed by atoms with E-state index in [4.69, 9.17) is 24.7 Å². The summed E-state index contributed by atoms with van der Waals surface area (Å²) in [6.07, 6.45) is 3.44. The topological polar surface area (TPSA) is 165 Å². The molecule has 6 heterocycles. The lowest BCUT2D eigenvalue weighted by Gasteiger charge is -2.44. The van der Waals surface area contributed by atoms with Crippen molar-refractivity contribution in [1.82, 2.24) is 18.9 Å². The summed E-state index contributed by atoms with van der Waals surface area (Å²) in [7, 11) is 0. The Kier molecular flexibility index (Phi) is 16.7. The molecular weight excluding hydrogens is 1020 g/mol. The Morgan fingerprint density at radius 3 is 1.60 bits per heavy atom. The number of benzene rings is 4. The first-order chi connectivity index (χ1) is 35.1. The standard InChI is InChI=1S/C28H26F2N2O5.C19H19BrN2O4.C7H7F2N/c1-17-11-12-36-24-15-31-14-21(23(33)10-8-19-7-9-20(29)13-22(19)30)26(34)27(25(31)28(35)32(17)24)37-16-18-5-3-2-4-6-18;1-12-7-8-25-15-10-21-9-14(20)17(23)18(16(21)19(24)22(12)15)26-11-13-5-3-2-4-6-13;8-6-2-1-5(4-10)7(9)3-6/h2-7,9,13-14,17,24H,8,10-12,15-16H2,1H3;2-6,9,12,15H,7-8,10-11H2,1H3;1-3H,4,10H2/t17-,24+;12-,15+;/m11./s1. The van der Waals surface area contributed by atoms with Gasteiger partial charge >= 0.3 is 0 Å². The van der Waals surface area contributed by atoms with E-state index in [0.717, 1.165) is 35.7 Å². The van der Waals surface area contributed by atoms with Crippen molar-refractivity contribution in [2.75, 3.05) is 13.2 Å². The van der Waals surface area contributed by atoms with Crippen LogP contribution in [0.5, 0.6) is 11.5 Å². The quantitative estimate of drug-likeness (QED) is 0.0986. The average molecular weight is 1070 g/mol. The second-order valence-corrected chi connectivity index (χ2v) is 18.7. The van der Waals surface area contributed by atoms with E-state index in [-0.39, 0.29) is 97.1 Å². The lowest BCUT2D eigenvalue weighted by Crippen LogP contribution is -2.57. The van der Waals surface area contributed by atoms with Gasteiger partial charge in [0.05, 0.1) is 36.3 Å². The number of Topliss-reactive ketones (excluding diaryl/α,β-unsaturated/α-hetero) is 1. The van der Waals surface area contributed by atoms with Crippen molar-refractivity contribution in [3.8, 4) is 11.5 Å². The van der Waals surface area contributed by atoms with E-state index in [1.165, 1.54) is 24.4 Å². The molecule has 0 spiro atoms. The van der Waals surface area contributed by atoms with Crippen molar-refractivity contribution in [1.29, 1.82) is 0 Å². The van der Waals surface area contributed by atoms with Crippen LogP contribution in [0.1, 0.15) is 86.7 Å². The molecule has 14 nitrogen and oxygen atoms in total. The molecule has 0 aliphatic carbocycles. The fraction of sp³-hybridized carbons (Fsp3) is 0.315. The summed E-state index contributed by atoms with van der Waals surface area (Å²) in [6, 6.07) is 25.2. The van der Waals surface area contributed by atoms with E-state index in [2.05, 4.69) is 15.9 Å². The number of carbonyl (C=O) groups excluding carboxylic acids is 3. The maximum atomic E-state index is 14.1. The van der Waals surface area contributed by atoms with Gasteiger partial charge in [0.25, 0.3) is 11.8 Å². The highest BCUT2D eigenvalue weighted by Crippen LogP contribution is 2.33. The fourth-order valence-corrected chi connectivity index (χ4v) is 9.40. The highest BCUT2D eigenvalue weighted by Gasteiger charge is 2.43. The van der Waals surface area contributed by atoms with Gasteiger partial charge < -0.3 is 43.6 Å². The van der Waals surface area contributed by atoms with Crippen LogP contribution in [0.2, 0.25) is 0 Å². The summed E-state index contributed by atoms with van der Waals surface area (Å²) in [4.78, 5) is 69.4. The number of ketones is 1. The van der Waals surface area contributed by atoms with Crippen LogP contribution in [0.3, 0.4) is 0 Å². The minimum absolute atomic E-state index is 0.0116. The number of carbonyl (C=O) groups is 3. The number of aryl methyl sites for hydroxylation is 1. The van der Waals surface area contributed by atoms with Crippen LogP contribution in [-0.4, -0.2) is 74.3 Å². The van der Waals surface area contributed by atoms with E-state index in [1.54, 1.807) is 25.1 Å². The van der Waals surface area contributed by atoms with Gasteiger partial charge in [-0.1, -0.05) is 72.8 Å². The van der Waals surface area contributed by atoms with E-state index in [9.17, 15) is 41.5 Å². The van der Waals surface area contributed by atoms with Crippen molar-refractivity contribution >= 4 is 33.5 Å². The molecule has 0 radical (unpaired) electrons. The zero-order valence-electron chi connectivity index (χ0n) is 39.9. The molecule has 4 aliphatic rings. The van der Waals surface area contributed by atoms with E-state index in [0.29, 0.717) is 41.9 Å². The summed E-state index contributed by atoms with van der Waals surface area (Å²) in [5.74, 6) is -3.86. The Morgan fingerprint density at radius 2 is 1.12 bits per heavy atom. The first kappa shape index (κ1) is 52.4. The van der Waals surface area contributed by atoms with Crippen LogP contribution in [0.15, 0.2) is 124 Å². The van der Waals surface area contributed by atoms with Gasteiger partial charge in [-0.25, -0.2) is 17.6 Å². The maximum Gasteiger partial charge on any atom is 0.276 e. The predicted octanol–water partition coefficient (Wildman–Crippen LogP) is 8.32. The smallest absolute Gasteiger partial charge is 0.276 e. The van der Waals surface area contributed by atoms with Gasteiger partial charge in [-0.15, -0.1) is 0 Å². The van der Waals surface area contributed by atoms with Crippen LogP contribution < -0.4 is 26.1 Å². The zero-order chi connectivity index (χ0) is 51.9. The Bertz CT molecular complexity index is 3120. The normalized spacial score (nSPS) is 18.7. The number of halogens is 5. The second-order valence-electron chi connectivity index (χ2n) is 17.8. The molecule has 2 saturated heterocycles. The third-order valence-corrected chi connectivity index (χ3v) is 13.5. The lowest BCUT2D eigenvalue weighted by atomic mass is 10.0. The van der Waals surface area contributed by atoms with Gasteiger partial charge in [-0.3, -0.25) is 24.0 Å². The molecule has 4 aliphatic heterocycles. The Balaban J connectivity index is 0.000000170. The highest BCUT2D eigenvalue weighted by atomic mass is 79.9. The highest BCUT2D eigenvalue weighted by molar-refractivity contribution is 9.10. The van der Waals surface area contributed by atoms with Crippen molar-refractivity contribution in [2.24, 2.45) is 5.73 Å². The number of rotatable bonds is 11. The SMILES string of the molecule is C[C@@H]1CCO[C@H]2Cn3cc(Br)c(=O)c(OCc4ccccc4)c3C(=O)N12.C[C@@H]1CCO[C@H]2Cn3cc(C(=O)CCc4ccc(F)cc4F)c(=O)c(OCc4ccccc4)c3C(=O)N12.NCc1ccc(F)cc1F. The molecule has 382 valence electrons. The monoisotopic (exact) mass is 1070 g/mol. The fourth-order valence-electron chi connectivity index (χ4n) is 8.97. The summed E-state index contributed by atoms with van der Waals surface area (Å²) < 4.78 is 79.1. The minimum Gasteiger partial charge on any atom is -0.483 e. The van der Waals surface area contributed by atoms with Gasteiger partial charge in [-0.2, -0.15) is 0 Å². The Labute approximate surface area is 426 Å². The number of ether oxygens (including phenoxy) is 4. The number of nitrogens with two attached hydrogens (primary N) is 1. The Morgan fingerprint density at radius 1 is 0.658 bits per heavy atom. The van der Waals surface area contributed by atoms with Crippen LogP contribution in [0, 0.1) is 23.3 Å². The largest absolute Gasteiger partial charge is 0.483 e. The first-order valence-corrected chi connectivity index (χ1v) is 24.5. The van der Waals surface area contributed by atoms with Gasteiger partial charge in [0, 0.05) is 55.1 Å². The molecule has 0 bridgehead atoms. The molecule has 19 heteroatoms. The van der Waals surface area contributed by atoms with Crippen molar-refractivity contribution in [3.63, 3.8) is 0 Å². The zero-order valence-corrected chi connectivity index (χ0v) is 41.5. The molecule has 0 saturated carbocycles. The van der Waals surface area contributed by atoms with Crippen molar-refractivity contribution < 1.29 is 50.9 Å². The molecular formula is C54H52BrF4N5O9. The number of fused-ring (bicyclic) bond motifs is 4. The van der Waals surface area contributed by atoms with E-state index >= 15 is 0 Å². The summed E-state index contributed by atoms with van der Waals surface area (Å²) in [6.45, 7) is 6.13. The van der Waals surface area contributed by atoms with E-state index in [1.807, 2.05) is 74.5 Å².